The maximum Gasteiger partial charge on any atom is 0.325 e. The highest BCUT2D eigenvalue weighted by atomic mass is 16.5. The summed E-state index contributed by atoms with van der Waals surface area (Å²) in [5.41, 5.74) is 5.10. The molecule has 40 heavy (non-hydrogen) atoms. The van der Waals surface area contributed by atoms with E-state index in [2.05, 4.69) is 44.1 Å². The van der Waals surface area contributed by atoms with Gasteiger partial charge in [0, 0.05) is 37.2 Å². The van der Waals surface area contributed by atoms with Gasteiger partial charge in [-0.05, 0) is 71.7 Å². The minimum Gasteiger partial charge on any atom is -0.490 e. The Kier molecular flexibility index (Phi) is 8.23. The number of carbonyl (C=O) groups excluding carboxylic acids is 2. The lowest BCUT2D eigenvalue weighted by Gasteiger charge is -2.31. The first-order chi connectivity index (χ1) is 18.8. The van der Waals surface area contributed by atoms with E-state index < -0.39 is 11.9 Å². The van der Waals surface area contributed by atoms with Crippen molar-refractivity contribution < 1.29 is 23.8 Å². The van der Waals surface area contributed by atoms with Crippen molar-refractivity contribution in [1.29, 1.82) is 0 Å². The fraction of sp³-hybridized carbons (Fsp3) is 0.484. The van der Waals surface area contributed by atoms with Gasteiger partial charge in [0.25, 0.3) is 5.91 Å². The average molecular weight is 549 g/mol. The molecule has 0 atom stereocenters. The third-order valence-electron chi connectivity index (χ3n) is 6.62. The molecule has 9 nitrogen and oxygen atoms in total. The number of nitrogens with one attached hydrogen (secondary N) is 1. The second-order valence-corrected chi connectivity index (χ2v) is 11.6. The molecule has 0 aliphatic carbocycles. The van der Waals surface area contributed by atoms with Gasteiger partial charge in [0.2, 0.25) is 0 Å². The molecule has 2 aliphatic rings. The normalized spacial score (nSPS) is 16.4. The van der Waals surface area contributed by atoms with E-state index in [4.69, 9.17) is 19.2 Å². The zero-order valence-corrected chi connectivity index (χ0v) is 24.8. The first-order valence-electron chi connectivity index (χ1n) is 13.7. The molecule has 2 aromatic rings. The van der Waals surface area contributed by atoms with E-state index in [0.717, 1.165) is 52.3 Å². The Morgan fingerprint density at radius 3 is 2.55 bits per heavy atom. The number of hydrogen-bond acceptors (Lipinski definition) is 7. The Labute approximate surface area is 236 Å². The largest absolute Gasteiger partial charge is 0.490 e. The molecule has 0 saturated heterocycles. The molecule has 4 rings (SSSR count). The molecule has 0 spiro atoms. The third kappa shape index (κ3) is 6.29. The molecule has 2 heterocycles. The Bertz CT molecular complexity index is 1370. The lowest BCUT2D eigenvalue weighted by Crippen LogP contribution is -2.31. The minimum atomic E-state index is -0.494. The number of nitrogens with zero attached hydrogens (tertiary/aromatic N) is 3. The van der Waals surface area contributed by atoms with Crippen LogP contribution >= 0.6 is 0 Å². The van der Waals surface area contributed by atoms with E-state index in [9.17, 15) is 9.59 Å². The summed E-state index contributed by atoms with van der Waals surface area (Å²) in [5, 5.41) is 2.64. The van der Waals surface area contributed by atoms with Crippen molar-refractivity contribution in [2.45, 2.75) is 65.5 Å². The second kappa shape index (κ2) is 11.3. The summed E-state index contributed by atoms with van der Waals surface area (Å²) in [4.78, 5) is 36.5. The molecule has 0 unspecified atom stereocenters. The third-order valence-corrected chi connectivity index (χ3v) is 6.62. The number of rotatable bonds is 9. The summed E-state index contributed by atoms with van der Waals surface area (Å²) in [6.07, 6.45) is 3.13. The predicted octanol–water partition coefficient (Wildman–Crippen LogP) is 4.49. The van der Waals surface area contributed by atoms with E-state index in [-0.39, 0.29) is 24.3 Å². The highest BCUT2D eigenvalue weighted by molar-refractivity contribution is 6.17. The van der Waals surface area contributed by atoms with Gasteiger partial charge < -0.3 is 24.4 Å². The number of fused-ring (bicyclic) bond motifs is 3. The SMILES string of the molecule is CCOC(=O)CNC(=O)c1ccc(C2=NC(C)(C)Cc3cc(OCC)c4c(c32)CC(C)(C)O4)cc1N=CN(C)C. The van der Waals surface area contributed by atoms with Crippen LogP contribution in [0.4, 0.5) is 5.69 Å². The topological polar surface area (TPSA) is 102 Å². The van der Waals surface area contributed by atoms with Crippen molar-refractivity contribution in [2.75, 3.05) is 33.9 Å². The van der Waals surface area contributed by atoms with E-state index in [1.54, 1.807) is 24.2 Å². The smallest absolute Gasteiger partial charge is 0.325 e. The van der Waals surface area contributed by atoms with Gasteiger partial charge in [-0.3, -0.25) is 14.6 Å². The van der Waals surface area contributed by atoms with Gasteiger partial charge in [-0.25, -0.2) is 4.99 Å². The molecule has 2 aliphatic heterocycles. The Morgan fingerprint density at radius 2 is 1.88 bits per heavy atom. The van der Waals surface area contributed by atoms with Crippen LogP contribution in [0.3, 0.4) is 0 Å². The molecule has 214 valence electrons. The predicted molar refractivity (Wildman–Crippen MR) is 157 cm³/mol. The number of aliphatic imine (C=N–C) groups is 2. The van der Waals surface area contributed by atoms with Crippen LogP contribution in [0.25, 0.3) is 0 Å². The van der Waals surface area contributed by atoms with Gasteiger partial charge in [0.05, 0.1) is 42.1 Å². The maximum absolute atomic E-state index is 13.1. The van der Waals surface area contributed by atoms with Crippen LogP contribution in [-0.2, 0) is 22.4 Å². The fourth-order valence-corrected chi connectivity index (χ4v) is 5.16. The Hall–Kier alpha value is -3.88. The molecule has 1 amide bonds. The van der Waals surface area contributed by atoms with Crippen LogP contribution < -0.4 is 14.8 Å². The number of ether oxygens (including phenoxy) is 3. The van der Waals surface area contributed by atoms with Crippen molar-refractivity contribution >= 4 is 29.6 Å². The van der Waals surface area contributed by atoms with Crippen molar-refractivity contribution in [1.82, 2.24) is 10.2 Å². The highest BCUT2D eigenvalue weighted by Crippen LogP contribution is 2.48. The van der Waals surface area contributed by atoms with Crippen LogP contribution in [0.2, 0.25) is 0 Å². The van der Waals surface area contributed by atoms with Gasteiger partial charge in [-0.15, -0.1) is 0 Å². The Morgan fingerprint density at radius 1 is 1.12 bits per heavy atom. The molecule has 9 heteroatoms. The first kappa shape index (κ1) is 29.1. The van der Waals surface area contributed by atoms with Crippen LogP contribution in [0.15, 0.2) is 34.3 Å². The standard InChI is InChI=1S/C31H40N4O5/c1-9-38-24-14-20-15-30(3,4)34-27(26(20)22-16-31(5,6)40-28(22)24)19-11-12-21(23(13-19)33-18-35(7)8)29(37)32-17-25(36)39-10-2/h11-14,18H,9-10,15-17H2,1-8H3,(H,32,37). The number of amides is 1. The van der Waals surface area contributed by atoms with E-state index >= 15 is 0 Å². The van der Waals surface area contributed by atoms with E-state index in [1.807, 2.05) is 33.2 Å². The molecule has 0 radical (unpaired) electrons. The molecule has 2 aromatic carbocycles. The van der Waals surface area contributed by atoms with Crippen molar-refractivity contribution in [3.63, 3.8) is 0 Å². The van der Waals surface area contributed by atoms with E-state index in [0.29, 0.717) is 17.9 Å². The van der Waals surface area contributed by atoms with Crippen LogP contribution in [-0.4, -0.2) is 73.8 Å². The summed E-state index contributed by atoms with van der Waals surface area (Å²) in [7, 11) is 3.72. The fourth-order valence-electron chi connectivity index (χ4n) is 5.16. The first-order valence-corrected chi connectivity index (χ1v) is 13.7. The van der Waals surface area contributed by atoms with Crippen LogP contribution in [0, 0.1) is 0 Å². The van der Waals surface area contributed by atoms with E-state index in [1.165, 1.54) is 0 Å². The second-order valence-electron chi connectivity index (χ2n) is 11.6. The summed E-state index contributed by atoms with van der Waals surface area (Å²) in [5.74, 6) is 0.642. The zero-order chi connectivity index (χ0) is 29.2. The molecule has 0 aromatic heterocycles. The molecule has 0 bridgehead atoms. The molecular formula is C31H40N4O5. The van der Waals surface area contributed by atoms with Gasteiger partial charge in [-0.2, -0.15) is 0 Å². The summed E-state index contributed by atoms with van der Waals surface area (Å²) in [6.45, 7) is 12.7. The maximum atomic E-state index is 13.1. The lowest BCUT2D eigenvalue weighted by atomic mass is 9.80. The lowest BCUT2D eigenvalue weighted by molar-refractivity contribution is -0.141. The van der Waals surface area contributed by atoms with Gasteiger partial charge in [-0.1, -0.05) is 6.07 Å². The van der Waals surface area contributed by atoms with Crippen LogP contribution in [0.1, 0.15) is 74.2 Å². The molecule has 0 saturated carbocycles. The molecule has 0 fully saturated rings. The monoisotopic (exact) mass is 548 g/mol. The Balaban J connectivity index is 1.83. The summed E-state index contributed by atoms with van der Waals surface area (Å²) >= 11 is 0. The van der Waals surface area contributed by atoms with Gasteiger partial charge in [0.15, 0.2) is 11.5 Å². The minimum absolute atomic E-state index is 0.219. The number of benzene rings is 2. The van der Waals surface area contributed by atoms with Crippen molar-refractivity contribution in [3.8, 4) is 11.5 Å². The number of esters is 1. The van der Waals surface area contributed by atoms with Crippen molar-refractivity contribution in [2.24, 2.45) is 9.98 Å². The van der Waals surface area contributed by atoms with Gasteiger partial charge >= 0.3 is 5.97 Å². The number of carbonyl (C=O) groups is 2. The highest BCUT2D eigenvalue weighted by Gasteiger charge is 2.40. The van der Waals surface area contributed by atoms with Crippen molar-refractivity contribution in [3.05, 3.63) is 52.1 Å². The van der Waals surface area contributed by atoms with Crippen LogP contribution in [0.5, 0.6) is 11.5 Å². The summed E-state index contributed by atoms with van der Waals surface area (Å²) in [6, 6.07) is 7.60. The van der Waals surface area contributed by atoms with Gasteiger partial charge in [0.1, 0.15) is 12.1 Å². The summed E-state index contributed by atoms with van der Waals surface area (Å²) < 4.78 is 17.3. The average Bonchev–Trinajstić information content (AvgIpc) is 3.20. The molecular weight excluding hydrogens is 508 g/mol. The quantitative estimate of drug-likeness (QED) is 0.282. The number of hydrogen-bond donors (Lipinski definition) is 1. The molecule has 1 N–H and O–H groups in total. The zero-order valence-electron chi connectivity index (χ0n) is 24.8.